The van der Waals surface area contributed by atoms with Crippen molar-refractivity contribution in [1.82, 2.24) is 9.97 Å². The molecule has 5 heteroatoms. The van der Waals surface area contributed by atoms with Gasteiger partial charge in [0.25, 0.3) is 0 Å². The average molecular weight is 408 g/mol. The monoisotopic (exact) mass is 408 g/mol. The first kappa shape index (κ1) is 19.9. The Labute approximate surface area is 182 Å². The van der Waals surface area contributed by atoms with Gasteiger partial charge in [0.15, 0.2) is 5.82 Å². The lowest BCUT2D eigenvalue weighted by Crippen LogP contribution is -2.30. The molecule has 1 aliphatic carbocycles. The largest absolute Gasteiger partial charge is 0.489 e. The van der Waals surface area contributed by atoms with Gasteiger partial charge in [-0.05, 0) is 35.1 Å². The Morgan fingerprint density at radius 2 is 1.45 bits per heavy atom. The molecule has 1 aromatic heterocycles. The number of fused-ring (bicyclic) bond motifs is 1. The normalized spacial score (nSPS) is 14.6. The summed E-state index contributed by atoms with van der Waals surface area (Å²) in [5.74, 6) is 1.15. The van der Waals surface area contributed by atoms with Crippen LogP contribution in [0.4, 0.5) is 0 Å². The fourth-order valence-corrected chi connectivity index (χ4v) is 4.69. The zero-order valence-corrected chi connectivity index (χ0v) is 17.4. The highest BCUT2D eigenvalue weighted by Crippen LogP contribution is 2.35. The van der Waals surface area contributed by atoms with Gasteiger partial charge in [0, 0.05) is 22.7 Å². The number of rotatable bonds is 4. The predicted octanol–water partition coefficient (Wildman–Crippen LogP) is 4.69. The molecular weight excluding hydrogens is 383 g/mol. The second-order valence-corrected chi connectivity index (χ2v) is 8.32. The molecule has 0 bridgehead atoms. The minimum Gasteiger partial charge on any atom is -0.423 e. The Morgan fingerprint density at radius 1 is 0.742 bits per heavy atom. The van der Waals surface area contributed by atoms with Crippen molar-refractivity contribution < 1.29 is 10.0 Å². The molecule has 0 unspecified atom stereocenters. The number of hydrogen-bond acceptors (Lipinski definition) is 4. The van der Waals surface area contributed by atoms with Crippen LogP contribution >= 0.6 is 0 Å². The molecule has 1 saturated carbocycles. The maximum Gasteiger partial charge on any atom is 0.489 e. The van der Waals surface area contributed by atoms with E-state index in [1.165, 1.54) is 32.1 Å². The molecule has 2 N–H and O–H groups in total. The van der Waals surface area contributed by atoms with Gasteiger partial charge in [-0.25, -0.2) is 9.97 Å². The van der Waals surface area contributed by atoms with Gasteiger partial charge in [0.05, 0.1) is 5.69 Å². The van der Waals surface area contributed by atoms with Crippen LogP contribution in [0.1, 0.15) is 43.7 Å². The molecule has 1 fully saturated rings. The quantitative estimate of drug-likeness (QED) is 0.481. The first-order chi connectivity index (χ1) is 15.2. The maximum absolute atomic E-state index is 9.81. The summed E-state index contributed by atoms with van der Waals surface area (Å²) in [7, 11) is -1.52. The fraction of sp³-hybridized carbons (Fsp3) is 0.231. The van der Waals surface area contributed by atoms with Crippen LogP contribution in [0, 0.1) is 0 Å². The van der Waals surface area contributed by atoms with E-state index < -0.39 is 7.12 Å². The van der Waals surface area contributed by atoms with E-state index in [0.29, 0.717) is 17.2 Å². The molecule has 0 atom stereocenters. The molecule has 1 aliphatic rings. The van der Waals surface area contributed by atoms with Crippen molar-refractivity contribution in [2.45, 2.75) is 38.0 Å². The summed E-state index contributed by atoms with van der Waals surface area (Å²) in [6.45, 7) is 0. The van der Waals surface area contributed by atoms with E-state index in [4.69, 9.17) is 9.97 Å². The maximum atomic E-state index is 9.81. The fourth-order valence-electron chi connectivity index (χ4n) is 4.69. The topological polar surface area (TPSA) is 66.2 Å². The van der Waals surface area contributed by atoms with Crippen LogP contribution in [-0.2, 0) is 0 Å². The molecule has 31 heavy (non-hydrogen) atoms. The van der Waals surface area contributed by atoms with E-state index >= 15 is 0 Å². The summed E-state index contributed by atoms with van der Waals surface area (Å²) in [5.41, 5.74) is 4.52. The molecule has 0 saturated heterocycles. The molecule has 4 aromatic rings. The highest BCUT2D eigenvalue weighted by atomic mass is 16.4. The number of benzene rings is 3. The summed E-state index contributed by atoms with van der Waals surface area (Å²) in [5, 5.41) is 21.4. The van der Waals surface area contributed by atoms with E-state index in [2.05, 4.69) is 18.2 Å². The van der Waals surface area contributed by atoms with Gasteiger partial charge >= 0.3 is 7.12 Å². The highest BCUT2D eigenvalue weighted by molar-refractivity contribution is 6.62. The third kappa shape index (κ3) is 3.99. The lowest BCUT2D eigenvalue weighted by molar-refractivity contribution is 0.426. The van der Waals surface area contributed by atoms with E-state index in [9.17, 15) is 10.0 Å². The summed E-state index contributed by atoms with van der Waals surface area (Å²) < 4.78 is 0. The molecule has 5 rings (SSSR count). The van der Waals surface area contributed by atoms with Crippen LogP contribution in [0.2, 0.25) is 0 Å². The van der Waals surface area contributed by atoms with Gasteiger partial charge in [-0.2, -0.15) is 0 Å². The van der Waals surface area contributed by atoms with Crippen molar-refractivity contribution in [3.63, 3.8) is 0 Å². The summed E-state index contributed by atoms with van der Waals surface area (Å²) in [4.78, 5) is 10.00. The van der Waals surface area contributed by atoms with E-state index in [1.54, 1.807) is 6.07 Å². The van der Waals surface area contributed by atoms with Gasteiger partial charge in [-0.1, -0.05) is 86.0 Å². The molecule has 1 heterocycles. The lowest BCUT2D eigenvalue weighted by Gasteiger charge is -2.22. The van der Waals surface area contributed by atoms with Crippen LogP contribution in [0.15, 0.2) is 72.8 Å². The lowest BCUT2D eigenvalue weighted by atomic mass is 9.76. The molecule has 3 aromatic carbocycles. The summed E-state index contributed by atoms with van der Waals surface area (Å²) >= 11 is 0. The van der Waals surface area contributed by atoms with Crippen molar-refractivity contribution in [2.24, 2.45) is 0 Å². The number of nitrogens with zero attached hydrogens (tertiary/aromatic N) is 2. The molecule has 0 radical (unpaired) electrons. The van der Waals surface area contributed by atoms with Crippen molar-refractivity contribution in [1.29, 1.82) is 0 Å². The van der Waals surface area contributed by atoms with Crippen molar-refractivity contribution >= 4 is 23.4 Å². The van der Waals surface area contributed by atoms with Crippen LogP contribution in [0.3, 0.4) is 0 Å². The predicted molar refractivity (Wildman–Crippen MR) is 126 cm³/mol. The molecular formula is C26H25BN2O2. The highest BCUT2D eigenvalue weighted by Gasteiger charge is 2.21. The van der Waals surface area contributed by atoms with Crippen molar-refractivity contribution in [3.05, 3.63) is 78.5 Å². The van der Waals surface area contributed by atoms with Crippen LogP contribution in [-0.4, -0.2) is 27.1 Å². The standard InChI is InChI=1S/C26H25BN2O2/c30-27(31)23-16-15-22(20-13-7-8-14-21(20)23)26-28-24(18-9-3-1-4-10-18)17-25(29-26)19-11-5-2-6-12-19/h1,3-4,7-10,13-17,19,30-31H,2,5-6,11-12H2. The molecule has 0 aliphatic heterocycles. The zero-order valence-electron chi connectivity index (χ0n) is 17.4. The minimum atomic E-state index is -1.52. The van der Waals surface area contributed by atoms with Crippen LogP contribution < -0.4 is 5.46 Å². The number of hydrogen-bond donors (Lipinski definition) is 2. The first-order valence-electron chi connectivity index (χ1n) is 11.0. The van der Waals surface area contributed by atoms with Gasteiger partial charge in [-0.15, -0.1) is 0 Å². The zero-order chi connectivity index (χ0) is 21.2. The summed E-state index contributed by atoms with van der Waals surface area (Å²) in [6.07, 6.45) is 6.13. The Morgan fingerprint density at radius 3 is 2.19 bits per heavy atom. The minimum absolute atomic E-state index is 0.461. The molecule has 4 nitrogen and oxygen atoms in total. The third-order valence-corrected chi connectivity index (χ3v) is 6.32. The van der Waals surface area contributed by atoms with Crippen molar-refractivity contribution in [3.8, 4) is 22.6 Å². The summed E-state index contributed by atoms with van der Waals surface area (Å²) in [6, 6.07) is 23.9. The average Bonchev–Trinajstić information content (AvgIpc) is 2.84. The third-order valence-electron chi connectivity index (χ3n) is 6.32. The first-order valence-corrected chi connectivity index (χ1v) is 11.0. The van der Waals surface area contributed by atoms with Gasteiger partial charge in [0.2, 0.25) is 0 Å². The van der Waals surface area contributed by atoms with Gasteiger partial charge in [0.1, 0.15) is 0 Å². The second kappa shape index (κ2) is 8.62. The molecule has 0 amide bonds. The number of aromatic nitrogens is 2. The van der Waals surface area contributed by atoms with E-state index in [1.807, 2.05) is 48.5 Å². The van der Waals surface area contributed by atoms with E-state index in [-0.39, 0.29) is 0 Å². The molecule has 0 spiro atoms. The van der Waals surface area contributed by atoms with Crippen LogP contribution in [0.5, 0.6) is 0 Å². The van der Waals surface area contributed by atoms with Gasteiger partial charge in [-0.3, -0.25) is 0 Å². The second-order valence-electron chi connectivity index (χ2n) is 8.32. The smallest absolute Gasteiger partial charge is 0.423 e. The van der Waals surface area contributed by atoms with Crippen LogP contribution in [0.25, 0.3) is 33.4 Å². The Bertz CT molecular complexity index is 1200. The van der Waals surface area contributed by atoms with E-state index in [0.717, 1.165) is 33.3 Å². The molecule has 154 valence electrons. The Balaban J connectivity index is 1.71. The Hall–Kier alpha value is -3.02. The van der Waals surface area contributed by atoms with Crippen molar-refractivity contribution in [2.75, 3.05) is 0 Å². The SMILES string of the molecule is OB(O)c1ccc(-c2nc(-c3ccccc3)cc(C3CCCCC3)n2)c2ccccc12. The Kier molecular flexibility index (Phi) is 5.54. The van der Waals surface area contributed by atoms with Gasteiger partial charge < -0.3 is 10.0 Å².